The van der Waals surface area contributed by atoms with Crippen molar-refractivity contribution in [2.45, 2.75) is 20.0 Å². The van der Waals surface area contributed by atoms with E-state index in [1.165, 1.54) is 10.8 Å². The van der Waals surface area contributed by atoms with Gasteiger partial charge in [-0.1, -0.05) is 35.5 Å². The van der Waals surface area contributed by atoms with E-state index >= 15 is 0 Å². The first-order valence-corrected chi connectivity index (χ1v) is 7.26. The van der Waals surface area contributed by atoms with Crippen molar-refractivity contribution < 1.29 is 4.52 Å². The van der Waals surface area contributed by atoms with Crippen molar-refractivity contribution in [3.63, 3.8) is 0 Å². The Morgan fingerprint density at radius 1 is 1.25 bits per heavy atom. The first-order chi connectivity index (χ1) is 11.6. The highest BCUT2D eigenvalue weighted by molar-refractivity contribution is 5.53. The van der Waals surface area contributed by atoms with Crippen molar-refractivity contribution in [3.8, 4) is 17.5 Å². The van der Waals surface area contributed by atoms with Gasteiger partial charge in [-0.25, -0.2) is 9.36 Å². The Morgan fingerprint density at radius 3 is 2.67 bits per heavy atom. The Morgan fingerprint density at radius 2 is 2.00 bits per heavy atom. The molecule has 0 bridgehead atoms. The summed E-state index contributed by atoms with van der Waals surface area (Å²) in [5.74, 6) is 0.483. The Balaban J connectivity index is 2.01. The molecule has 0 atom stereocenters. The lowest BCUT2D eigenvalue weighted by Gasteiger charge is -2.07. The molecule has 8 nitrogen and oxygen atoms in total. The number of aromatic nitrogens is 4. The Kier molecular flexibility index (Phi) is 4.07. The topological polar surface area (TPSA) is 107 Å². The van der Waals surface area contributed by atoms with E-state index in [2.05, 4.69) is 10.1 Å². The van der Waals surface area contributed by atoms with Crippen molar-refractivity contribution in [2.75, 3.05) is 0 Å². The van der Waals surface area contributed by atoms with E-state index in [0.717, 1.165) is 10.1 Å². The smallest absolute Gasteiger partial charge is 0.331 e. The average Bonchev–Trinajstić information content (AvgIpc) is 3.08. The summed E-state index contributed by atoms with van der Waals surface area (Å²) < 4.78 is 7.34. The van der Waals surface area contributed by atoms with Crippen LogP contribution in [0.2, 0.25) is 0 Å². The third-order valence-electron chi connectivity index (χ3n) is 3.49. The lowest BCUT2D eigenvalue weighted by atomic mass is 10.2. The van der Waals surface area contributed by atoms with Crippen molar-refractivity contribution >= 4 is 0 Å². The van der Waals surface area contributed by atoms with Crippen LogP contribution in [0.1, 0.15) is 18.4 Å². The molecule has 0 unspecified atom stereocenters. The molecule has 0 spiro atoms. The molecule has 1 aromatic carbocycles. The third-order valence-corrected chi connectivity index (χ3v) is 3.49. The number of hydrogen-bond donors (Lipinski definition) is 0. The molecule has 3 aromatic rings. The summed E-state index contributed by atoms with van der Waals surface area (Å²) in [5, 5.41) is 12.9. The molecule has 120 valence electrons. The second kappa shape index (κ2) is 6.34. The predicted molar refractivity (Wildman–Crippen MR) is 84.2 cm³/mol. The highest BCUT2D eigenvalue weighted by atomic mass is 16.5. The molecular formula is C16H13N5O3. The van der Waals surface area contributed by atoms with Crippen LogP contribution in [0, 0.1) is 11.3 Å². The van der Waals surface area contributed by atoms with E-state index in [1.54, 1.807) is 13.0 Å². The maximum Gasteiger partial charge on any atom is 0.331 e. The van der Waals surface area contributed by atoms with Gasteiger partial charge in [0, 0.05) is 18.3 Å². The van der Waals surface area contributed by atoms with E-state index < -0.39 is 11.2 Å². The molecule has 2 heterocycles. The highest BCUT2D eigenvalue weighted by Crippen LogP contribution is 2.14. The van der Waals surface area contributed by atoms with Gasteiger partial charge in [0.1, 0.15) is 18.2 Å². The number of rotatable bonds is 4. The van der Waals surface area contributed by atoms with Gasteiger partial charge in [-0.2, -0.15) is 10.2 Å². The number of nitrogens with zero attached hydrogens (tertiary/aromatic N) is 5. The van der Waals surface area contributed by atoms with Crippen molar-refractivity contribution in [1.82, 2.24) is 19.3 Å². The van der Waals surface area contributed by atoms with Gasteiger partial charge in [-0.3, -0.25) is 9.36 Å². The van der Waals surface area contributed by atoms with Crippen molar-refractivity contribution in [2.24, 2.45) is 0 Å². The maximum atomic E-state index is 12.3. The summed E-state index contributed by atoms with van der Waals surface area (Å²) in [5.41, 5.74) is -0.552. The molecule has 0 aliphatic carbocycles. The molecule has 3 rings (SSSR count). The van der Waals surface area contributed by atoms with E-state index in [9.17, 15) is 9.59 Å². The minimum atomic E-state index is -0.674. The molecule has 0 amide bonds. The number of nitriles is 1. The molecular weight excluding hydrogens is 310 g/mol. The lowest BCUT2D eigenvalue weighted by molar-refractivity contribution is 0.365. The van der Waals surface area contributed by atoms with Crippen LogP contribution in [0.3, 0.4) is 0 Å². The Labute approximate surface area is 136 Å². The summed E-state index contributed by atoms with van der Waals surface area (Å²) in [6.45, 7) is 1.90. The standard InChI is InChI=1S/C16H13N5O3/c1-2-20-9-12(8-17)15(22)21(16(20)23)10-13-18-14(19-24-13)11-6-4-3-5-7-11/h3-7,9H,2,10H2,1H3. The summed E-state index contributed by atoms with van der Waals surface area (Å²) in [7, 11) is 0. The van der Waals surface area contributed by atoms with Crippen LogP contribution in [0.4, 0.5) is 0 Å². The fourth-order valence-electron chi connectivity index (χ4n) is 2.26. The number of benzene rings is 1. The first kappa shape index (κ1) is 15.4. The van der Waals surface area contributed by atoms with E-state index in [0.29, 0.717) is 12.4 Å². The molecule has 0 saturated heterocycles. The zero-order valence-electron chi connectivity index (χ0n) is 12.8. The third kappa shape index (κ3) is 2.75. The first-order valence-electron chi connectivity index (χ1n) is 7.26. The van der Waals surface area contributed by atoms with Crippen LogP contribution in [0.5, 0.6) is 0 Å². The Hall–Kier alpha value is -3.47. The van der Waals surface area contributed by atoms with Gasteiger partial charge in [0.25, 0.3) is 5.56 Å². The number of aryl methyl sites for hydroxylation is 1. The molecule has 0 saturated carbocycles. The van der Waals surface area contributed by atoms with Crippen LogP contribution in [-0.2, 0) is 13.1 Å². The molecule has 0 aliphatic rings. The molecule has 0 N–H and O–H groups in total. The van der Waals surface area contributed by atoms with Crippen molar-refractivity contribution in [1.29, 1.82) is 5.26 Å². The van der Waals surface area contributed by atoms with E-state index in [1.807, 2.05) is 30.3 Å². The van der Waals surface area contributed by atoms with Gasteiger partial charge in [0.2, 0.25) is 11.7 Å². The SMILES string of the molecule is CCn1cc(C#N)c(=O)n(Cc2nc(-c3ccccc3)no2)c1=O. The molecule has 8 heteroatoms. The minimum Gasteiger partial charge on any atom is -0.337 e. The molecule has 2 aromatic heterocycles. The molecule has 0 fully saturated rings. The van der Waals surface area contributed by atoms with Crippen LogP contribution in [0.15, 0.2) is 50.6 Å². The molecule has 24 heavy (non-hydrogen) atoms. The summed E-state index contributed by atoms with van der Waals surface area (Å²) in [6, 6.07) is 11.0. The average molecular weight is 323 g/mol. The van der Waals surface area contributed by atoms with Crippen LogP contribution in [-0.4, -0.2) is 19.3 Å². The van der Waals surface area contributed by atoms with Crippen molar-refractivity contribution in [3.05, 3.63) is 68.8 Å². The number of hydrogen-bond acceptors (Lipinski definition) is 6. The minimum absolute atomic E-state index is 0.112. The Bertz CT molecular complexity index is 1020. The second-order valence-electron chi connectivity index (χ2n) is 4.99. The van der Waals surface area contributed by atoms with Gasteiger partial charge >= 0.3 is 5.69 Å². The largest absolute Gasteiger partial charge is 0.337 e. The highest BCUT2D eigenvalue weighted by Gasteiger charge is 2.15. The maximum absolute atomic E-state index is 12.3. The zero-order chi connectivity index (χ0) is 17.1. The molecule has 0 radical (unpaired) electrons. The van der Waals surface area contributed by atoms with Gasteiger partial charge in [-0.05, 0) is 6.92 Å². The quantitative estimate of drug-likeness (QED) is 0.709. The van der Waals surface area contributed by atoms with Gasteiger partial charge in [0.05, 0.1) is 0 Å². The fourth-order valence-corrected chi connectivity index (χ4v) is 2.26. The molecule has 0 aliphatic heterocycles. The van der Waals surface area contributed by atoms with Crippen LogP contribution < -0.4 is 11.2 Å². The summed E-state index contributed by atoms with van der Waals surface area (Å²) >= 11 is 0. The summed E-state index contributed by atoms with van der Waals surface area (Å²) in [6.07, 6.45) is 1.25. The lowest BCUT2D eigenvalue weighted by Crippen LogP contribution is -2.41. The zero-order valence-corrected chi connectivity index (χ0v) is 12.8. The van der Waals surface area contributed by atoms with Gasteiger partial charge < -0.3 is 4.52 Å². The fraction of sp³-hybridized carbons (Fsp3) is 0.188. The second-order valence-corrected chi connectivity index (χ2v) is 4.99. The van der Waals surface area contributed by atoms with Gasteiger partial charge in [-0.15, -0.1) is 0 Å². The van der Waals surface area contributed by atoms with Gasteiger partial charge in [0.15, 0.2) is 0 Å². The summed E-state index contributed by atoms with van der Waals surface area (Å²) in [4.78, 5) is 28.7. The van der Waals surface area contributed by atoms with Crippen LogP contribution in [0.25, 0.3) is 11.4 Å². The monoisotopic (exact) mass is 323 g/mol. The predicted octanol–water partition coefficient (Wildman–Crippen LogP) is 1.000. The van der Waals surface area contributed by atoms with E-state index in [4.69, 9.17) is 9.78 Å². The van der Waals surface area contributed by atoms with E-state index in [-0.39, 0.29) is 18.0 Å². The van der Waals surface area contributed by atoms with Crippen LogP contribution >= 0.6 is 0 Å². The normalized spacial score (nSPS) is 10.5.